The van der Waals surface area contributed by atoms with Crippen LogP contribution in [0.4, 0.5) is 0 Å². The van der Waals surface area contributed by atoms with Gasteiger partial charge in [-0.2, -0.15) is 0 Å². The summed E-state index contributed by atoms with van der Waals surface area (Å²) in [5.74, 6) is 0.419. The van der Waals surface area contributed by atoms with Crippen molar-refractivity contribution in [2.45, 2.75) is 25.2 Å². The molecule has 2 aromatic carbocycles. The number of hydrogen-bond acceptors (Lipinski definition) is 4. The maximum absolute atomic E-state index is 11.7. The summed E-state index contributed by atoms with van der Waals surface area (Å²) in [7, 11) is -5.50. The van der Waals surface area contributed by atoms with E-state index in [0.29, 0.717) is 17.1 Å². The van der Waals surface area contributed by atoms with Crippen molar-refractivity contribution in [2.24, 2.45) is 0 Å². The number of ether oxygens (including phenoxy) is 1. The second kappa shape index (κ2) is 7.70. The summed E-state index contributed by atoms with van der Waals surface area (Å²) < 4.78 is 27.8. The molecule has 25 heavy (non-hydrogen) atoms. The highest BCUT2D eigenvalue weighted by Gasteiger charge is 2.15. The van der Waals surface area contributed by atoms with Crippen LogP contribution in [0.5, 0.6) is 11.5 Å². The lowest BCUT2D eigenvalue weighted by molar-refractivity contribution is 0.300. The maximum Gasteiger partial charge on any atom is 0.362 e. The molecule has 2 aromatic rings. The van der Waals surface area contributed by atoms with Gasteiger partial charge in [0.25, 0.3) is 0 Å². The maximum atomic E-state index is 11.7. The van der Waals surface area contributed by atoms with Crippen molar-refractivity contribution in [1.29, 1.82) is 0 Å². The first kappa shape index (κ1) is 19.7. The van der Waals surface area contributed by atoms with Crippen molar-refractivity contribution in [3.05, 3.63) is 52.6 Å². The Morgan fingerprint density at radius 3 is 2.24 bits per heavy atom. The monoisotopic (exact) mass is 384 g/mol. The SMILES string of the molecule is Cc1cc(OCP(=O)(O)O)cc(C)c1Cc1ccc(O)c(S(C)=O)c1. The molecule has 0 saturated heterocycles. The van der Waals surface area contributed by atoms with E-state index in [-0.39, 0.29) is 5.75 Å². The van der Waals surface area contributed by atoms with Crippen molar-refractivity contribution in [2.75, 3.05) is 12.6 Å². The molecule has 6 nitrogen and oxygen atoms in total. The van der Waals surface area contributed by atoms with Gasteiger partial charge in [0.05, 0.1) is 15.7 Å². The lowest BCUT2D eigenvalue weighted by Crippen LogP contribution is -2.02. The number of benzene rings is 2. The molecule has 0 amide bonds. The van der Waals surface area contributed by atoms with Crippen molar-refractivity contribution >= 4 is 18.4 Å². The molecule has 8 heteroatoms. The molecule has 1 unspecified atom stereocenters. The van der Waals surface area contributed by atoms with Gasteiger partial charge in [-0.25, -0.2) is 0 Å². The Morgan fingerprint density at radius 2 is 1.72 bits per heavy atom. The van der Waals surface area contributed by atoms with Gasteiger partial charge < -0.3 is 19.6 Å². The van der Waals surface area contributed by atoms with Crippen LogP contribution in [-0.2, 0) is 21.8 Å². The van der Waals surface area contributed by atoms with E-state index in [9.17, 15) is 13.9 Å². The molecule has 0 fully saturated rings. The minimum Gasteiger partial charge on any atom is -0.507 e. The Hall–Kier alpha value is -1.66. The fourth-order valence-corrected chi connectivity index (χ4v) is 3.57. The van der Waals surface area contributed by atoms with E-state index in [1.807, 2.05) is 13.8 Å². The van der Waals surface area contributed by atoms with E-state index in [0.717, 1.165) is 22.3 Å². The summed E-state index contributed by atoms with van der Waals surface area (Å²) in [6, 6.07) is 8.51. The molecular weight excluding hydrogens is 363 g/mol. The third-order valence-corrected chi connectivity index (χ3v) is 5.20. The van der Waals surface area contributed by atoms with E-state index in [1.54, 1.807) is 24.3 Å². The third kappa shape index (κ3) is 5.41. The summed E-state index contributed by atoms with van der Waals surface area (Å²) in [4.78, 5) is 18.2. The minimum absolute atomic E-state index is 0.0132. The largest absolute Gasteiger partial charge is 0.507 e. The standard InChI is InChI=1S/C17H21O6PS/c1-11-6-14(23-10-24(19,20)21)7-12(2)15(11)8-13-4-5-16(18)17(9-13)25(3)22/h4-7,9,18H,8,10H2,1-3H3,(H2,19,20,21). The number of hydrogen-bond donors (Lipinski definition) is 3. The van der Waals surface area contributed by atoms with Gasteiger partial charge in [0.2, 0.25) is 0 Å². The average Bonchev–Trinajstić information content (AvgIpc) is 2.49. The van der Waals surface area contributed by atoms with Gasteiger partial charge in [-0.3, -0.25) is 8.77 Å². The summed E-state index contributed by atoms with van der Waals surface area (Å²) in [5.41, 5.74) is 3.81. The van der Waals surface area contributed by atoms with E-state index >= 15 is 0 Å². The Bertz CT molecular complexity index is 835. The predicted octanol–water partition coefficient (Wildman–Crippen LogP) is 2.85. The highest BCUT2D eigenvalue weighted by atomic mass is 32.2. The van der Waals surface area contributed by atoms with Crippen LogP contribution < -0.4 is 4.74 Å². The first-order chi connectivity index (χ1) is 11.6. The molecule has 0 saturated carbocycles. The van der Waals surface area contributed by atoms with Crippen LogP contribution >= 0.6 is 7.60 Å². The summed E-state index contributed by atoms with van der Waals surface area (Å²) in [6.45, 7) is 3.79. The predicted molar refractivity (Wildman–Crippen MR) is 96.7 cm³/mol. The van der Waals surface area contributed by atoms with Gasteiger partial charge in [-0.15, -0.1) is 0 Å². The van der Waals surface area contributed by atoms with Crippen LogP contribution in [-0.4, -0.2) is 31.7 Å². The second-order valence-corrected chi connectivity index (χ2v) is 8.84. The molecule has 0 aliphatic heterocycles. The molecule has 0 aliphatic carbocycles. The third-order valence-electron chi connectivity index (χ3n) is 3.78. The first-order valence-electron chi connectivity index (χ1n) is 7.49. The fourth-order valence-electron chi connectivity index (χ4n) is 2.58. The zero-order valence-corrected chi connectivity index (χ0v) is 15.9. The lowest BCUT2D eigenvalue weighted by Gasteiger charge is -2.15. The molecule has 3 N–H and O–H groups in total. The van der Waals surface area contributed by atoms with Gasteiger partial charge in [0.15, 0.2) is 6.35 Å². The average molecular weight is 384 g/mol. The topological polar surface area (TPSA) is 104 Å². The zero-order valence-electron chi connectivity index (χ0n) is 14.2. The molecule has 0 heterocycles. The van der Waals surface area contributed by atoms with Crippen molar-refractivity contribution in [3.63, 3.8) is 0 Å². The minimum atomic E-state index is -4.22. The molecule has 2 rings (SSSR count). The van der Waals surface area contributed by atoms with Gasteiger partial charge in [-0.1, -0.05) is 6.07 Å². The molecule has 0 aromatic heterocycles. The number of phenolic OH excluding ortho intramolecular Hbond substituents is 1. The van der Waals surface area contributed by atoms with E-state index in [4.69, 9.17) is 14.5 Å². The molecule has 0 spiro atoms. The second-order valence-electron chi connectivity index (χ2n) is 5.91. The Balaban J connectivity index is 2.27. The Labute approximate surface area is 149 Å². The van der Waals surface area contributed by atoms with Gasteiger partial charge >= 0.3 is 7.60 Å². The number of rotatable bonds is 6. The Kier molecular flexibility index (Phi) is 6.06. The van der Waals surface area contributed by atoms with Crippen LogP contribution in [0.15, 0.2) is 35.2 Å². The van der Waals surface area contributed by atoms with E-state index in [1.165, 1.54) is 12.3 Å². The highest BCUT2D eigenvalue weighted by molar-refractivity contribution is 7.84. The van der Waals surface area contributed by atoms with Crippen LogP contribution in [0.2, 0.25) is 0 Å². The zero-order chi connectivity index (χ0) is 18.8. The van der Waals surface area contributed by atoms with Crippen molar-refractivity contribution < 1.29 is 28.4 Å². The molecule has 0 radical (unpaired) electrons. The molecule has 1 atom stereocenters. The molecular formula is C17H21O6PS. The number of aryl methyl sites for hydroxylation is 2. The molecule has 136 valence electrons. The van der Waals surface area contributed by atoms with E-state index in [2.05, 4.69) is 0 Å². The van der Waals surface area contributed by atoms with Crippen molar-refractivity contribution in [1.82, 2.24) is 0 Å². The fraction of sp³-hybridized carbons (Fsp3) is 0.294. The quantitative estimate of drug-likeness (QED) is 0.662. The normalized spacial score (nSPS) is 12.8. The summed E-state index contributed by atoms with van der Waals surface area (Å²) in [5, 5.41) is 9.77. The van der Waals surface area contributed by atoms with Crippen LogP contribution in [0.1, 0.15) is 22.3 Å². The van der Waals surface area contributed by atoms with E-state index < -0.39 is 24.7 Å². The Morgan fingerprint density at radius 1 is 1.12 bits per heavy atom. The van der Waals surface area contributed by atoms with Crippen LogP contribution in [0.3, 0.4) is 0 Å². The summed E-state index contributed by atoms with van der Waals surface area (Å²) in [6.07, 6.45) is 1.44. The number of aromatic hydroxyl groups is 1. The summed E-state index contributed by atoms with van der Waals surface area (Å²) >= 11 is 0. The van der Waals surface area contributed by atoms with Crippen LogP contribution in [0.25, 0.3) is 0 Å². The number of phenols is 1. The van der Waals surface area contributed by atoms with Crippen LogP contribution in [0, 0.1) is 13.8 Å². The lowest BCUT2D eigenvalue weighted by atomic mass is 9.96. The van der Waals surface area contributed by atoms with Gasteiger partial charge in [0.1, 0.15) is 11.5 Å². The van der Waals surface area contributed by atoms with Crippen molar-refractivity contribution in [3.8, 4) is 11.5 Å². The molecule has 0 bridgehead atoms. The van der Waals surface area contributed by atoms with Gasteiger partial charge in [0, 0.05) is 6.26 Å². The van der Waals surface area contributed by atoms with Gasteiger partial charge in [-0.05, 0) is 66.8 Å². The highest BCUT2D eigenvalue weighted by Crippen LogP contribution is 2.35. The smallest absolute Gasteiger partial charge is 0.362 e. The first-order valence-corrected chi connectivity index (χ1v) is 10.8. The molecule has 0 aliphatic rings.